The van der Waals surface area contributed by atoms with Crippen LogP contribution in [0.5, 0.6) is 0 Å². The summed E-state index contributed by atoms with van der Waals surface area (Å²) in [6, 6.07) is 29.3. The zero-order valence-electron chi connectivity index (χ0n) is 27.0. The van der Waals surface area contributed by atoms with Crippen LogP contribution in [0.4, 0.5) is 0 Å². The van der Waals surface area contributed by atoms with Gasteiger partial charge in [0.05, 0.1) is 32.7 Å². The monoisotopic (exact) mass is 713 g/mol. The lowest BCUT2D eigenvalue weighted by Gasteiger charge is -2.27. The Balaban J connectivity index is 1.59. The highest BCUT2D eigenvalue weighted by Crippen LogP contribution is 2.54. The highest BCUT2D eigenvalue weighted by Gasteiger charge is 2.44. The highest BCUT2D eigenvalue weighted by atomic mass is 33.1. The largest absolute Gasteiger partial charge is 0.468 e. The van der Waals surface area contributed by atoms with Crippen molar-refractivity contribution in [3.8, 4) is 0 Å². The lowest BCUT2D eigenvalue weighted by Crippen LogP contribution is -2.49. The molecule has 0 spiro atoms. The van der Waals surface area contributed by atoms with E-state index < -0.39 is 43.1 Å². The van der Waals surface area contributed by atoms with Gasteiger partial charge in [-0.3, -0.25) is 24.0 Å². The van der Waals surface area contributed by atoms with Gasteiger partial charge >= 0.3 is 11.9 Å². The lowest BCUT2D eigenvalue weighted by molar-refractivity contribution is -0.142. The first-order valence-corrected chi connectivity index (χ1v) is 19.7. The number of amides is 3. The molecule has 14 heteroatoms. The van der Waals surface area contributed by atoms with Gasteiger partial charge in [0, 0.05) is 12.2 Å². The molecule has 48 heavy (non-hydrogen) atoms. The molecule has 3 aromatic rings. The molecule has 0 unspecified atom stereocenters. The fourth-order valence-electron chi connectivity index (χ4n) is 4.87. The summed E-state index contributed by atoms with van der Waals surface area (Å²) in [4.78, 5) is 61.3. The fraction of sp³-hybridized carbons (Fsp3) is 0.324. The quantitative estimate of drug-likeness (QED) is 0.0620. The number of carbonyl (C=O) groups is 5. The predicted octanol–water partition coefficient (Wildman–Crippen LogP) is 1.53. The maximum atomic E-state index is 13.0. The van der Waals surface area contributed by atoms with E-state index in [1.807, 2.05) is 54.6 Å². The van der Waals surface area contributed by atoms with Crippen molar-refractivity contribution in [2.24, 2.45) is 5.73 Å². The molecule has 0 saturated heterocycles. The van der Waals surface area contributed by atoms with Gasteiger partial charge < -0.3 is 31.2 Å². The van der Waals surface area contributed by atoms with Crippen molar-refractivity contribution in [1.29, 1.82) is 0 Å². The van der Waals surface area contributed by atoms with Gasteiger partial charge in [0.2, 0.25) is 17.7 Å². The van der Waals surface area contributed by atoms with Crippen molar-refractivity contribution in [3.63, 3.8) is 0 Å². The molecule has 5 N–H and O–H groups in total. The zero-order chi connectivity index (χ0) is 34.8. The molecule has 256 valence electrons. The standard InChI is InChI=1S/C34H41N4O7PS2/c1-44-32(41)22-37-33(42)29(38-30(39)19-18-28(35)34(43)45-2)23-47-48-24-31(40)36-20-21-46(25-12-6-3-7-13-25,26-14-8-4-9-15-26)27-16-10-5-11-17-27/h3-17,28-29H,18-24,35H2,1-2H3,(H2-,36,37,38,39,40,42)/p+1/t28-,29-/m0/s1. The Hall–Kier alpha value is -3.90. The van der Waals surface area contributed by atoms with E-state index in [-0.39, 0.29) is 36.8 Å². The average Bonchev–Trinajstić information content (AvgIpc) is 3.13. The Bertz CT molecular complexity index is 1390. The first-order chi connectivity index (χ1) is 23.2. The van der Waals surface area contributed by atoms with E-state index in [0.29, 0.717) is 6.54 Å². The van der Waals surface area contributed by atoms with Crippen LogP contribution in [0.25, 0.3) is 0 Å². The minimum atomic E-state index is -2.09. The number of ether oxygens (including phenoxy) is 2. The second-order valence-corrected chi connectivity index (χ2v) is 16.6. The molecule has 2 atom stereocenters. The maximum absolute atomic E-state index is 13.0. The van der Waals surface area contributed by atoms with Crippen LogP contribution in [-0.2, 0) is 33.4 Å². The summed E-state index contributed by atoms with van der Waals surface area (Å²) in [6.45, 7) is 0.0903. The molecule has 0 saturated carbocycles. The molecule has 0 aliphatic rings. The maximum Gasteiger partial charge on any atom is 0.325 e. The van der Waals surface area contributed by atoms with Gasteiger partial charge in [-0.25, -0.2) is 0 Å². The Morgan fingerprint density at radius 1 is 0.750 bits per heavy atom. The molecule has 0 bridgehead atoms. The molecule has 0 aromatic heterocycles. The first-order valence-electron chi connectivity index (χ1n) is 15.2. The first kappa shape index (κ1) is 38.5. The number of rotatable bonds is 19. The fourth-order valence-corrected chi connectivity index (χ4v) is 11.1. The number of benzene rings is 3. The summed E-state index contributed by atoms with van der Waals surface area (Å²) in [5.74, 6) is -2.31. The van der Waals surface area contributed by atoms with Crippen LogP contribution in [0, 0.1) is 0 Å². The van der Waals surface area contributed by atoms with E-state index >= 15 is 0 Å². The Morgan fingerprint density at radius 3 is 1.79 bits per heavy atom. The summed E-state index contributed by atoms with van der Waals surface area (Å²) in [5.41, 5.74) is 5.71. The molecular formula is C34H42N4O7PS2+. The second kappa shape index (κ2) is 20.5. The van der Waals surface area contributed by atoms with Crippen LogP contribution >= 0.6 is 28.9 Å². The number of nitrogens with one attached hydrogen (secondary N) is 3. The van der Waals surface area contributed by atoms with E-state index in [1.165, 1.54) is 51.7 Å². The summed E-state index contributed by atoms with van der Waals surface area (Å²) < 4.78 is 9.14. The van der Waals surface area contributed by atoms with Gasteiger partial charge in [0.15, 0.2) is 0 Å². The summed E-state index contributed by atoms with van der Waals surface area (Å²) in [6.07, 6.45) is 0.637. The van der Waals surface area contributed by atoms with Crippen molar-refractivity contribution in [1.82, 2.24) is 16.0 Å². The average molecular weight is 714 g/mol. The third-order valence-corrected chi connectivity index (χ3v) is 14.1. The molecule has 11 nitrogen and oxygen atoms in total. The molecule has 3 aromatic carbocycles. The van der Waals surface area contributed by atoms with E-state index in [2.05, 4.69) is 61.8 Å². The number of nitrogens with two attached hydrogens (primary N) is 1. The van der Waals surface area contributed by atoms with Crippen molar-refractivity contribution in [3.05, 3.63) is 91.0 Å². The van der Waals surface area contributed by atoms with Gasteiger partial charge in [-0.15, -0.1) is 0 Å². The minimum absolute atomic E-state index is 0.0272. The van der Waals surface area contributed by atoms with Crippen molar-refractivity contribution in [2.75, 3.05) is 45.0 Å². The van der Waals surface area contributed by atoms with Crippen molar-refractivity contribution in [2.45, 2.75) is 24.9 Å². The number of hydrogen-bond acceptors (Lipinski definition) is 10. The molecule has 0 aliphatic heterocycles. The number of methoxy groups -OCH3 is 2. The smallest absolute Gasteiger partial charge is 0.325 e. The number of carbonyl (C=O) groups excluding carboxylic acids is 5. The van der Waals surface area contributed by atoms with E-state index in [1.54, 1.807) is 0 Å². The van der Waals surface area contributed by atoms with Gasteiger partial charge in [0.25, 0.3) is 0 Å². The lowest BCUT2D eigenvalue weighted by atomic mass is 10.1. The van der Waals surface area contributed by atoms with Crippen LogP contribution in [0.3, 0.4) is 0 Å². The van der Waals surface area contributed by atoms with Crippen molar-refractivity contribution < 1.29 is 33.4 Å². The SMILES string of the molecule is COC(=O)CNC(=O)[C@H](CSSCC(=O)NCC[P+](c1ccccc1)(c1ccccc1)c1ccccc1)NC(=O)CC[C@H](N)C(=O)OC. The normalized spacial score (nSPS) is 12.2. The molecule has 0 heterocycles. The van der Waals surface area contributed by atoms with Crippen LogP contribution in [0.2, 0.25) is 0 Å². The second-order valence-electron chi connectivity index (χ2n) is 10.5. The van der Waals surface area contributed by atoms with Crippen LogP contribution in [-0.4, -0.2) is 86.7 Å². The summed E-state index contributed by atoms with van der Waals surface area (Å²) in [7, 11) is 2.79. The predicted molar refractivity (Wildman–Crippen MR) is 194 cm³/mol. The van der Waals surface area contributed by atoms with Crippen LogP contribution in [0.15, 0.2) is 91.0 Å². The van der Waals surface area contributed by atoms with E-state index in [9.17, 15) is 24.0 Å². The Morgan fingerprint density at radius 2 is 1.29 bits per heavy atom. The van der Waals surface area contributed by atoms with E-state index in [4.69, 9.17) is 5.73 Å². The van der Waals surface area contributed by atoms with Gasteiger partial charge in [-0.2, -0.15) is 0 Å². The van der Waals surface area contributed by atoms with Crippen LogP contribution in [0.1, 0.15) is 12.8 Å². The van der Waals surface area contributed by atoms with Crippen LogP contribution < -0.4 is 37.6 Å². The van der Waals surface area contributed by atoms with E-state index in [0.717, 1.165) is 6.16 Å². The molecule has 3 rings (SSSR count). The Labute approximate surface area is 289 Å². The van der Waals surface area contributed by atoms with Crippen molar-refractivity contribution >= 4 is 74.4 Å². The summed E-state index contributed by atoms with van der Waals surface area (Å²) >= 11 is 0. The molecular weight excluding hydrogens is 672 g/mol. The number of esters is 2. The van der Waals surface area contributed by atoms with Gasteiger partial charge in [-0.1, -0.05) is 76.2 Å². The summed E-state index contributed by atoms with van der Waals surface area (Å²) in [5, 5.41) is 11.8. The minimum Gasteiger partial charge on any atom is -0.468 e. The Kier molecular flexibility index (Phi) is 16.4. The third-order valence-electron chi connectivity index (χ3n) is 7.34. The third kappa shape index (κ3) is 11.7. The zero-order valence-corrected chi connectivity index (χ0v) is 29.5. The van der Waals surface area contributed by atoms with Gasteiger partial charge in [-0.05, 0) is 42.8 Å². The topological polar surface area (TPSA) is 166 Å². The molecule has 0 fully saturated rings. The number of hydrogen-bond donors (Lipinski definition) is 4. The molecule has 0 radical (unpaired) electrons. The van der Waals surface area contributed by atoms with Gasteiger partial charge in [0.1, 0.15) is 41.8 Å². The molecule has 3 amide bonds. The highest BCUT2D eigenvalue weighted by molar-refractivity contribution is 8.76. The molecule has 0 aliphatic carbocycles.